The van der Waals surface area contributed by atoms with E-state index in [1.807, 2.05) is 46.0 Å². The summed E-state index contributed by atoms with van der Waals surface area (Å²) in [6, 6.07) is 12.1. The highest BCUT2D eigenvalue weighted by Crippen LogP contribution is 2.18. The molecule has 1 N–H and O–H groups in total. The molecule has 0 bridgehead atoms. The highest BCUT2D eigenvalue weighted by atomic mass is 16.2. The van der Waals surface area contributed by atoms with Gasteiger partial charge in [0, 0.05) is 51.1 Å². The number of carbonyl (C=O) groups is 2. The van der Waals surface area contributed by atoms with Gasteiger partial charge in [0.05, 0.1) is 11.6 Å². The maximum atomic E-state index is 12.6. The van der Waals surface area contributed by atoms with E-state index in [0.29, 0.717) is 44.7 Å². The topological polar surface area (TPSA) is 79.6 Å². The summed E-state index contributed by atoms with van der Waals surface area (Å²) in [6.45, 7) is 1.74. The van der Waals surface area contributed by atoms with Crippen LogP contribution in [0, 0.1) is 5.92 Å². The Morgan fingerprint density at radius 1 is 1.17 bits per heavy atom. The highest BCUT2D eigenvalue weighted by molar-refractivity contribution is 5.83. The van der Waals surface area contributed by atoms with Crippen LogP contribution in [0.1, 0.15) is 30.5 Å². The number of piperidine rings is 1. The quantitative estimate of drug-likeness (QED) is 0.623. The fraction of sp³-hybridized carbons (Fsp3) is 0.391. The highest BCUT2D eigenvalue weighted by Gasteiger charge is 2.29. The van der Waals surface area contributed by atoms with E-state index in [4.69, 9.17) is 0 Å². The predicted molar refractivity (Wildman–Crippen MR) is 114 cm³/mol. The smallest absolute Gasteiger partial charge is 0.233 e. The molecule has 2 aromatic heterocycles. The molecule has 4 rings (SSSR count). The van der Waals surface area contributed by atoms with E-state index in [-0.39, 0.29) is 17.7 Å². The lowest BCUT2D eigenvalue weighted by Crippen LogP contribution is -2.46. The van der Waals surface area contributed by atoms with E-state index in [0.717, 1.165) is 18.5 Å². The minimum atomic E-state index is -0.137. The van der Waals surface area contributed by atoms with Crippen LogP contribution >= 0.6 is 0 Å². The van der Waals surface area contributed by atoms with E-state index in [9.17, 15) is 9.59 Å². The van der Waals surface area contributed by atoms with Crippen LogP contribution in [0.3, 0.4) is 0 Å². The van der Waals surface area contributed by atoms with Crippen LogP contribution in [0.15, 0.2) is 55.0 Å². The molecule has 1 saturated heterocycles. The number of likely N-dealkylation sites (tertiary alicyclic amines) is 1. The summed E-state index contributed by atoms with van der Waals surface area (Å²) < 4.78 is 1.87. The van der Waals surface area contributed by atoms with Crippen molar-refractivity contribution in [3.8, 4) is 0 Å². The second-order valence-corrected chi connectivity index (χ2v) is 7.76. The Bertz CT molecular complexity index is 968. The Labute approximate surface area is 176 Å². The summed E-state index contributed by atoms with van der Waals surface area (Å²) in [5.41, 5.74) is 2.17. The maximum Gasteiger partial charge on any atom is 0.233 e. The van der Waals surface area contributed by atoms with Gasteiger partial charge in [0.15, 0.2) is 0 Å². The third-order valence-corrected chi connectivity index (χ3v) is 5.57. The minimum Gasteiger partial charge on any atom is -0.355 e. The van der Waals surface area contributed by atoms with E-state index >= 15 is 0 Å². The van der Waals surface area contributed by atoms with Crippen LogP contribution in [-0.4, -0.2) is 50.7 Å². The van der Waals surface area contributed by atoms with Gasteiger partial charge in [0.2, 0.25) is 17.6 Å². The summed E-state index contributed by atoms with van der Waals surface area (Å²) in [7, 11) is 0. The van der Waals surface area contributed by atoms with Crippen LogP contribution in [0.25, 0.3) is 5.78 Å². The normalized spacial score (nSPS) is 16.7. The van der Waals surface area contributed by atoms with Crippen molar-refractivity contribution in [2.24, 2.45) is 5.92 Å². The first kappa shape index (κ1) is 20.1. The number of nitrogens with one attached hydrogen (secondary N) is 1. The first-order valence-electron chi connectivity index (χ1n) is 10.6. The number of hydrogen-bond acceptors (Lipinski definition) is 4. The van der Waals surface area contributed by atoms with Gasteiger partial charge in [-0.2, -0.15) is 0 Å². The molecule has 30 heavy (non-hydrogen) atoms. The largest absolute Gasteiger partial charge is 0.355 e. The van der Waals surface area contributed by atoms with Crippen molar-refractivity contribution >= 4 is 17.6 Å². The molecule has 0 radical (unpaired) electrons. The summed E-state index contributed by atoms with van der Waals surface area (Å²) in [4.78, 5) is 35.4. The molecule has 7 heteroatoms. The second kappa shape index (κ2) is 9.52. The van der Waals surface area contributed by atoms with Gasteiger partial charge in [-0.25, -0.2) is 9.97 Å². The molecule has 7 nitrogen and oxygen atoms in total. The molecule has 1 aromatic carbocycles. The van der Waals surface area contributed by atoms with Crippen LogP contribution in [0.4, 0.5) is 0 Å². The summed E-state index contributed by atoms with van der Waals surface area (Å²) in [5.74, 6) is 0.708. The van der Waals surface area contributed by atoms with Gasteiger partial charge in [-0.15, -0.1) is 0 Å². The zero-order valence-corrected chi connectivity index (χ0v) is 17.0. The van der Waals surface area contributed by atoms with Gasteiger partial charge in [0.1, 0.15) is 0 Å². The molecule has 1 aliphatic heterocycles. The Morgan fingerprint density at radius 3 is 2.87 bits per heavy atom. The number of rotatable bonds is 8. The number of fused-ring (bicyclic) bond motifs is 1. The molecular formula is C23H27N5O2. The Kier molecular flexibility index (Phi) is 6.37. The van der Waals surface area contributed by atoms with Crippen molar-refractivity contribution in [1.82, 2.24) is 24.6 Å². The molecule has 156 valence electrons. The van der Waals surface area contributed by atoms with Crippen LogP contribution in [0.2, 0.25) is 0 Å². The fourth-order valence-electron chi connectivity index (χ4n) is 3.92. The summed E-state index contributed by atoms with van der Waals surface area (Å²) in [5, 5.41) is 3.02. The molecule has 2 amide bonds. The number of hydrogen-bond donors (Lipinski definition) is 1. The summed E-state index contributed by atoms with van der Waals surface area (Å²) >= 11 is 0. The monoisotopic (exact) mass is 405 g/mol. The number of imidazole rings is 1. The third kappa shape index (κ3) is 5.03. The van der Waals surface area contributed by atoms with E-state index < -0.39 is 0 Å². The summed E-state index contributed by atoms with van der Waals surface area (Å²) in [6.07, 6.45) is 9.12. The van der Waals surface area contributed by atoms with Crippen molar-refractivity contribution in [3.05, 3.63) is 66.2 Å². The van der Waals surface area contributed by atoms with E-state index in [1.54, 1.807) is 6.20 Å². The van der Waals surface area contributed by atoms with Gasteiger partial charge < -0.3 is 10.2 Å². The van der Waals surface area contributed by atoms with Crippen molar-refractivity contribution in [1.29, 1.82) is 0 Å². The molecule has 0 aliphatic carbocycles. The number of benzene rings is 1. The standard InChI is InChI=1S/C23H27N5O2/c29-21-10-9-19(16-27(21)14-4-8-18-6-2-1-3-7-18)22(30)24-13-11-20-17-28-15-5-12-25-23(28)26-20/h1-3,5-7,12,15,17,19H,4,8-11,13-14,16H2,(H,24,30). The van der Waals surface area contributed by atoms with Crippen molar-refractivity contribution in [2.45, 2.75) is 32.1 Å². The zero-order chi connectivity index (χ0) is 20.8. The molecule has 3 aromatic rings. The van der Waals surface area contributed by atoms with Gasteiger partial charge in [0.25, 0.3) is 0 Å². The van der Waals surface area contributed by atoms with Gasteiger partial charge in [-0.05, 0) is 30.9 Å². The Hall–Kier alpha value is -3.22. The number of amides is 2. The maximum absolute atomic E-state index is 12.6. The lowest BCUT2D eigenvalue weighted by Gasteiger charge is -2.32. The first-order valence-corrected chi connectivity index (χ1v) is 10.6. The third-order valence-electron chi connectivity index (χ3n) is 5.57. The molecule has 3 heterocycles. The van der Waals surface area contributed by atoms with Crippen LogP contribution < -0.4 is 5.32 Å². The van der Waals surface area contributed by atoms with Crippen molar-refractivity contribution in [2.75, 3.05) is 19.6 Å². The van der Waals surface area contributed by atoms with Gasteiger partial charge in [-0.1, -0.05) is 30.3 Å². The lowest BCUT2D eigenvalue weighted by molar-refractivity contribution is -0.138. The van der Waals surface area contributed by atoms with Crippen LogP contribution in [0.5, 0.6) is 0 Å². The number of aryl methyl sites for hydroxylation is 1. The van der Waals surface area contributed by atoms with Gasteiger partial charge >= 0.3 is 0 Å². The second-order valence-electron chi connectivity index (χ2n) is 7.76. The van der Waals surface area contributed by atoms with Crippen molar-refractivity contribution < 1.29 is 9.59 Å². The molecule has 1 unspecified atom stereocenters. The number of aromatic nitrogens is 3. The Morgan fingerprint density at radius 2 is 2.03 bits per heavy atom. The average Bonchev–Trinajstić information content (AvgIpc) is 3.18. The number of carbonyl (C=O) groups excluding carboxylic acids is 2. The Balaban J connectivity index is 1.22. The van der Waals surface area contributed by atoms with E-state index in [2.05, 4.69) is 27.4 Å². The fourth-order valence-corrected chi connectivity index (χ4v) is 3.92. The van der Waals surface area contributed by atoms with Crippen molar-refractivity contribution in [3.63, 3.8) is 0 Å². The molecule has 0 saturated carbocycles. The zero-order valence-electron chi connectivity index (χ0n) is 17.0. The average molecular weight is 406 g/mol. The first-order chi connectivity index (χ1) is 14.7. The molecule has 1 fully saturated rings. The molecule has 1 aliphatic rings. The SMILES string of the molecule is O=C(NCCc1cn2cccnc2n1)C1CCC(=O)N(CCCc2ccccc2)C1. The molecular weight excluding hydrogens is 378 g/mol. The lowest BCUT2D eigenvalue weighted by atomic mass is 9.96. The minimum absolute atomic E-state index is 0.0254. The molecule has 0 spiro atoms. The van der Waals surface area contributed by atoms with E-state index in [1.165, 1.54) is 5.56 Å². The predicted octanol–water partition coefficient (Wildman–Crippen LogP) is 2.26. The van der Waals surface area contributed by atoms with Gasteiger partial charge in [-0.3, -0.25) is 14.0 Å². The van der Waals surface area contributed by atoms with Crippen LogP contribution in [-0.2, 0) is 22.4 Å². The molecule has 1 atom stereocenters. The number of nitrogens with zero attached hydrogens (tertiary/aromatic N) is 4.